The van der Waals surface area contributed by atoms with Crippen LogP contribution in [0.2, 0.25) is 6.55 Å². The fraction of sp³-hybridized carbons (Fsp3) is 0.273. The molecule has 27 heavy (non-hydrogen) atoms. The van der Waals surface area contributed by atoms with E-state index in [0.717, 1.165) is 6.42 Å². The maximum absolute atomic E-state index is 2.53. The van der Waals surface area contributed by atoms with Crippen molar-refractivity contribution in [3.63, 3.8) is 0 Å². The molecule has 0 aromatic heterocycles. The zero-order chi connectivity index (χ0) is 17.2. The number of rotatable bonds is 5. The maximum atomic E-state index is 2.53. The number of benzene rings is 2. The SMILES string of the molecule is CCC(C)C1=[C]([Ti+3])CC=C1[Si](C)(c1ccccc1)c1ccccc1.[Cl-].[Cl-].[Cl-]. The Morgan fingerprint density at radius 2 is 1.33 bits per heavy atom. The second-order valence-electron chi connectivity index (χ2n) is 6.88. The van der Waals surface area contributed by atoms with Crippen molar-refractivity contribution in [2.45, 2.75) is 33.2 Å². The number of hydrogen-bond donors (Lipinski definition) is 0. The molecule has 0 spiro atoms. The van der Waals surface area contributed by atoms with E-state index in [1.807, 2.05) is 0 Å². The molecule has 1 unspecified atom stereocenters. The second kappa shape index (κ2) is 11.7. The average Bonchev–Trinajstić information content (AvgIpc) is 3.04. The van der Waals surface area contributed by atoms with Crippen LogP contribution in [0.15, 0.2) is 81.4 Å². The third-order valence-corrected chi connectivity index (χ3v) is 10.7. The van der Waals surface area contributed by atoms with Gasteiger partial charge in [0.2, 0.25) is 0 Å². The molecule has 0 heterocycles. The molecular weight excluding hydrogens is 447 g/mol. The largest absolute Gasteiger partial charge is 1.00 e. The van der Waals surface area contributed by atoms with Crippen molar-refractivity contribution in [2.24, 2.45) is 5.92 Å². The summed E-state index contributed by atoms with van der Waals surface area (Å²) in [5.41, 5.74) is 1.64. The van der Waals surface area contributed by atoms with Gasteiger partial charge in [0.05, 0.1) is 0 Å². The predicted octanol–water partition coefficient (Wildman–Crippen LogP) is -4.39. The molecule has 2 aromatic rings. The molecule has 0 nitrogen and oxygen atoms in total. The number of hydrogen-bond acceptors (Lipinski definition) is 0. The van der Waals surface area contributed by atoms with Gasteiger partial charge in [0.15, 0.2) is 0 Å². The van der Waals surface area contributed by atoms with Gasteiger partial charge in [-0.1, -0.05) is 0 Å². The smallest absolute Gasteiger partial charge is 1.00 e. The molecule has 0 N–H and O–H groups in total. The zero-order valence-corrected chi connectivity index (χ0v) is 20.8. The van der Waals surface area contributed by atoms with Gasteiger partial charge in [0.1, 0.15) is 0 Å². The predicted molar refractivity (Wildman–Crippen MR) is 103 cm³/mol. The molecule has 0 fully saturated rings. The standard InChI is InChI=1S/C22H25Si.3ClH.Ti/c1-4-18(2)21-16-11-17-22(21)23(3,19-12-7-5-8-13-19)20-14-9-6-10-15-20;;;;/h5-10,12-15,17-18H,4,11H2,1-3H3;3*1H;/q;;;;+3/p-3. The van der Waals surface area contributed by atoms with E-state index in [1.54, 1.807) is 14.6 Å². The van der Waals surface area contributed by atoms with Crippen LogP contribution in [0.25, 0.3) is 0 Å². The van der Waals surface area contributed by atoms with Gasteiger partial charge in [-0.05, 0) is 0 Å². The number of allylic oxidation sites excluding steroid dienone is 4. The Labute approximate surface area is 195 Å². The first-order valence-electron chi connectivity index (χ1n) is 8.85. The first-order chi connectivity index (χ1) is 11.6. The van der Waals surface area contributed by atoms with E-state index >= 15 is 0 Å². The Balaban J connectivity index is 0.00000225. The van der Waals surface area contributed by atoms with Gasteiger partial charge in [-0.2, -0.15) is 0 Å². The quantitative estimate of drug-likeness (QED) is 0.387. The van der Waals surface area contributed by atoms with Gasteiger partial charge >= 0.3 is 159 Å². The van der Waals surface area contributed by atoms with Gasteiger partial charge in [0, 0.05) is 0 Å². The van der Waals surface area contributed by atoms with Crippen molar-refractivity contribution < 1.29 is 57.7 Å². The van der Waals surface area contributed by atoms with E-state index in [2.05, 4.69) is 108 Å². The summed E-state index contributed by atoms with van der Waals surface area (Å²) in [6.07, 6.45) is 4.86. The van der Waals surface area contributed by atoms with Crippen LogP contribution in [0.4, 0.5) is 0 Å². The fourth-order valence-electron chi connectivity index (χ4n) is 3.85. The molecule has 2 aromatic carbocycles. The molecule has 0 saturated heterocycles. The first-order valence-corrected chi connectivity index (χ1v) is 12.1. The molecule has 5 heteroatoms. The van der Waals surface area contributed by atoms with Crippen LogP contribution in [0.3, 0.4) is 0 Å². The minimum Gasteiger partial charge on any atom is -1.00 e. The van der Waals surface area contributed by atoms with Crippen molar-refractivity contribution >= 4 is 18.4 Å². The summed E-state index contributed by atoms with van der Waals surface area (Å²) in [6.45, 7) is 7.23. The van der Waals surface area contributed by atoms with Gasteiger partial charge in [-0.25, -0.2) is 0 Å². The number of halogens is 3. The molecule has 1 aliphatic rings. The Kier molecular flexibility index (Phi) is 11.5. The van der Waals surface area contributed by atoms with Crippen molar-refractivity contribution in [3.05, 3.63) is 81.4 Å². The van der Waals surface area contributed by atoms with E-state index in [1.165, 1.54) is 16.8 Å². The van der Waals surface area contributed by atoms with Crippen LogP contribution in [-0.2, 0) is 20.4 Å². The third kappa shape index (κ3) is 5.21. The molecule has 3 rings (SSSR count). The van der Waals surface area contributed by atoms with E-state index < -0.39 is 8.07 Å². The second-order valence-corrected chi connectivity index (χ2v) is 11.8. The first kappa shape index (κ1) is 26.7. The van der Waals surface area contributed by atoms with Crippen LogP contribution in [-0.4, -0.2) is 8.07 Å². The zero-order valence-electron chi connectivity index (χ0n) is 16.0. The Hall–Kier alpha value is -0.279. The van der Waals surface area contributed by atoms with Crippen LogP contribution < -0.4 is 47.6 Å². The van der Waals surface area contributed by atoms with Gasteiger partial charge in [0.25, 0.3) is 0 Å². The van der Waals surface area contributed by atoms with Crippen LogP contribution in [0.1, 0.15) is 26.7 Å². The summed E-state index contributed by atoms with van der Waals surface area (Å²) in [5, 5.41) is 4.67. The Morgan fingerprint density at radius 3 is 1.74 bits per heavy atom. The summed E-state index contributed by atoms with van der Waals surface area (Å²) < 4.78 is 1.57. The van der Waals surface area contributed by atoms with Gasteiger partial charge in [-0.3, -0.25) is 0 Å². The van der Waals surface area contributed by atoms with Crippen molar-refractivity contribution in [1.29, 1.82) is 0 Å². The normalized spacial score (nSPS) is 14.5. The van der Waals surface area contributed by atoms with Crippen LogP contribution in [0, 0.1) is 5.92 Å². The van der Waals surface area contributed by atoms with Crippen molar-refractivity contribution in [3.8, 4) is 0 Å². The summed E-state index contributed by atoms with van der Waals surface area (Å²) in [5.74, 6) is 0.637. The van der Waals surface area contributed by atoms with E-state index in [0.29, 0.717) is 5.92 Å². The summed E-state index contributed by atoms with van der Waals surface area (Å²) in [4.78, 5) is 0. The molecule has 0 amide bonds. The fourth-order valence-corrected chi connectivity index (χ4v) is 8.92. The monoisotopic (exact) mass is 470 g/mol. The minimum absolute atomic E-state index is 0. The van der Waals surface area contributed by atoms with Crippen LogP contribution in [0.5, 0.6) is 0 Å². The molecule has 1 atom stereocenters. The Morgan fingerprint density at radius 1 is 0.889 bits per heavy atom. The minimum atomic E-state index is -1.95. The average molecular weight is 472 g/mol. The van der Waals surface area contributed by atoms with Crippen molar-refractivity contribution in [2.75, 3.05) is 0 Å². The summed E-state index contributed by atoms with van der Waals surface area (Å²) >= 11 is 2.33. The molecule has 0 bridgehead atoms. The molecule has 0 saturated carbocycles. The van der Waals surface area contributed by atoms with E-state index in [-0.39, 0.29) is 37.2 Å². The van der Waals surface area contributed by atoms with Gasteiger partial charge in [-0.15, -0.1) is 0 Å². The molecule has 142 valence electrons. The summed E-state index contributed by atoms with van der Waals surface area (Å²) in [7, 11) is -1.95. The topological polar surface area (TPSA) is 0 Å². The van der Waals surface area contributed by atoms with Crippen molar-refractivity contribution in [1.82, 2.24) is 0 Å². The summed E-state index contributed by atoms with van der Waals surface area (Å²) in [6, 6.07) is 22.4. The molecular formula is C22H25Cl3SiTi. The van der Waals surface area contributed by atoms with Crippen LogP contribution >= 0.6 is 0 Å². The van der Waals surface area contributed by atoms with E-state index in [9.17, 15) is 0 Å². The molecule has 1 aliphatic carbocycles. The molecule has 0 aliphatic heterocycles. The van der Waals surface area contributed by atoms with E-state index in [4.69, 9.17) is 0 Å². The maximum Gasteiger partial charge on any atom is -1.00 e. The Bertz CT molecular complexity index is 733. The third-order valence-electron chi connectivity index (χ3n) is 5.47. The molecule has 0 radical (unpaired) electrons. The van der Waals surface area contributed by atoms with Gasteiger partial charge < -0.3 is 37.2 Å².